The van der Waals surface area contributed by atoms with Crippen LogP contribution in [0.25, 0.3) is 0 Å². The van der Waals surface area contributed by atoms with Gasteiger partial charge in [-0.1, -0.05) is 25.1 Å². The first kappa shape index (κ1) is 8.66. The van der Waals surface area contributed by atoms with Crippen molar-refractivity contribution < 1.29 is 0 Å². The average Bonchev–Trinajstić information content (AvgIpc) is 2.04. The lowest BCUT2D eigenvalue weighted by Crippen LogP contribution is -1.87. The first-order valence-electron chi connectivity index (χ1n) is 3.97. The number of thiol groups is 1. The average molecular weight is 166 g/mol. The second-order valence-corrected chi connectivity index (χ2v) is 3.09. The first-order chi connectivity index (χ1) is 5.27. The normalized spacial score (nSPS) is 10.1. The number of aryl methyl sites for hydroxylation is 2. The van der Waals surface area contributed by atoms with E-state index in [1.54, 1.807) is 0 Å². The molecule has 1 aromatic carbocycles. The lowest BCUT2D eigenvalue weighted by molar-refractivity contribution is 1.12. The zero-order valence-corrected chi connectivity index (χ0v) is 7.99. The van der Waals surface area contributed by atoms with Crippen molar-refractivity contribution in [3.63, 3.8) is 0 Å². The van der Waals surface area contributed by atoms with Crippen LogP contribution in [0.15, 0.2) is 18.2 Å². The van der Waals surface area contributed by atoms with E-state index in [-0.39, 0.29) is 0 Å². The highest BCUT2D eigenvalue weighted by Crippen LogP contribution is 2.13. The molecule has 0 aliphatic carbocycles. The second-order valence-electron chi connectivity index (χ2n) is 2.77. The highest BCUT2D eigenvalue weighted by molar-refractivity contribution is 7.79. The fourth-order valence-electron chi connectivity index (χ4n) is 1.16. The zero-order chi connectivity index (χ0) is 8.27. The van der Waals surface area contributed by atoms with Gasteiger partial charge >= 0.3 is 0 Å². The lowest BCUT2D eigenvalue weighted by atomic mass is 10.1. The standard InChI is InChI=1S/C10H14S/c1-3-9-4-5-10(7-11)8(2)6-9/h4-6,11H,3,7H2,1-2H3. The first-order valence-corrected chi connectivity index (χ1v) is 4.60. The topological polar surface area (TPSA) is 0 Å². The van der Waals surface area contributed by atoms with Gasteiger partial charge in [0.15, 0.2) is 0 Å². The second kappa shape index (κ2) is 3.82. The van der Waals surface area contributed by atoms with E-state index in [9.17, 15) is 0 Å². The molecule has 0 N–H and O–H groups in total. The minimum atomic E-state index is 0.843. The summed E-state index contributed by atoms with van der Waals surface area (Å²) in [6.07, 6.45) is 1.12. The Morgan fingerprint density at radius 2 is 2.09 bits per heavy atom. The van der Waals surface area contributed by atoms with Gasteiger partial charge in [-0.2, -0.15) is 12.6 Å². The van der Waals surface area contributed by atoms with Gasteiger partial charge in [-0.05, 0) is 30.0 Å². The van der Waals surface area contributed by atoms with Crippen LogP contribution in [-0.4, -0.2) is 0 Å². The van der Waals surface area contributed by atoms with Gasteiger partial charge in [-0.15, -0.1) is 0 Å². The highest BCUT2D eigenvalue weighted by Gasteiger charge is 1.95. The van der Waals surface area contributed by atoms with E-state index in [0.717, 1.165) is 12.2 Å². The maximum atomic E-state index is 4.24. The van der Waals surface area contributed by atoms with Crippen molar-refractivity contribution in [3.8, 4) is 0 Å². The van der Waals surface area contributed by atoms with Gasteiger partial charge in [0, 0.05) is 5.75 Å². The monoisotopic (exact) mass is 166 g/mol. The third-order valence-corrected chi connectivity index (χ3v) is 2.33. The molecule has 1 rings (SSSR count). The molecule has 11 heavy (non-hydrogen) atoms. The Kier molecular flexibility index (Phi) is 3.01. The van der Waals surface area contributed by atoms with Gasteiger partial charge in [-0.3, -0.25) is 0 Å². The Morgan fingerprint density at radius 3 is 2.55 bits per heavy atom. The summed E-state index contributed by atoms with van der Waals surface area (Å²) in [6, 6.07) is 6.59. The molecule has 0 aromatic heterocycles. The van der Waals surface area contributed by atoms with Crippen molar-refractivity contribution in [2.75, 3.05) is 0 Å². The van der Waals surface area contributed by atoms with Crippen LogP contribution in [0.5, 0.6) is 0 Å². The molecule has 0 bridgehead atoms. The smallest absolute Gasteiger partial charge is 0.0156 e. The molecule has 0 nitrogen and oxygen atoms in total. The summed E-state index contributed by atoms with van der Waals surface area (Å²) in [5.41, 5.74) is 4.11. The van der Waals surface area contributed by atoms with Crippen molar-refractivity contribution in [1.82, 2.24) is 0 Å². The van der Waals surface area contributed by atoms with Gasteiger partial charge in [0.1, 0.15) is 0 Å². The van der Waals surface area contributed by atoms with Crippen LogP contribution in [0.1, 0.15) is 23.6 Å². The van der Waals surface area contributed by atoms with Crippen LogP contribution < -0.4 is 0 Å². The number of benzene rings is 1. The third kappa shape index (κ3) is 2.00. The fourth-order valence-corrected chi connectivity index (χ4v) is 1.51. The van der Waals surface area contributed by atoms with Crippen molar-refractivity contribution in [2.45, 2.75) is 26.0 Å². The van der Waals surface area contributed by atoms with E-state index in [1.807, 2.05) is 0 Å². The number of hydrogen-bond acceptors (Lipinski definition) is 1. The minimum Gasteiger partial charge on any atom is -0.175 e. The molecule has 0 aliphatic heterocycles. The summed E-state index contributed by atoms with van der Waals surface area (Å²) in [6.45, 7) is 4.32. The third-order valence-electron chi connectivity index (χ3n) is 1.99. The van der Waals surface area contributed by atoms with Crippen LogP contribution in [-0.2, 0) is 12.2 Å². The SMILES string of the molecule is CCc1ccc(CS)c(C)c1. The molecule has 1 aromatic rings. The minimum absolute atomic E-state index is 0.843. The summed E-state index contributed by atoms with van der Waals surface area (Å²) >= 11 is 4.24. The van der Waals surface area contributed by atoms with Crippen LogP contribution in [0.2, 0.25) is 0 Å². The quantitative estimate of drug-likeness (QED) is 0.642. The molecule has 0 spiro atoms. The molecule has 1 heteroatoms. The molecular weight excluding hydrogens is 152 g/mol. The van der Waals surface area contributed by atoms with Crippen LogP contribution in [0.3, 0.4) is 0 Å². The fraction of sp³-hybridized carbons (Fsp3) is 0.400. The summed E-state index contributed by atoms with van der Waals surface area (Å²) < 4.78 is 0. The molecule has 0 fully saturated rings. The maximum absolute atomic E-state index is 4.24. The van der Waals surface area contributed by atoms with E-state index in [1.165, 1.54) is 16.7 Å². The Morgan fingerprint density at radius 1 is 1.36 bits per heavy atom. The maximum Gasteiger partial charge on any atom is 0.0156 e. The number of rotatable bonds is 2. The molecule has 0 saturated carbocycles. The highest BCUT2D eigenvalue weighted by atomic mass is 32.1. The van der Waals surface area contributed by atoms with E-state index in [4.69, 9.17) is 0 Å². The predicted molar refractivity (Wildman–Crippen MR) is 53.2 cm³/mol. The molecule has 0 amide bonds. The Balaban J connectivity index is 2.99. The van der Waals surface area contributed by atoms with Gasteiger partial charge in [0.2, 0.25) is 0 Å². The number of hydrogen-bond donors (Lipinski definition) is 1. The van der Waals surface area contributed by atoms with Gasteiger partial charge in [0.05, 0.1) is 0 Å². The summed E-state index contributed by atoms with van der Waals surface area (Å²) in [5.74, 6) is 0.843. The van der Waals surface area contributed by atoms with E-state index in [0.29, 0.717) is 0 Å². The summed E-state index contributed by atoms with van der Waals surface area (Å²) in [5, 5.41) is 0. The molecule has 0 unspecified atom stereocenters. The molecular formula is C10H14S. The van der Waals surface area contributed by atoms with Crippen LogP contribution in [0, 0.1) is 6.92 Å². The molecule has 0 radical (unpaired) electrons. The van der Waals surface area contributed by atoms with Gasteiger partial charge in [-0.25, -0.2) is 0 Å². The molecule has 0 heterocycles. The Bertz CT molecular complexity index is 241. The predicted octanol–water partition coefficient (Wildman–Crippen LogP) is 2.99. The van der Waals surface area contributed by atoms with E-state index < -0.39 is 0 Å². The van der Waals surface area contributed by atoms with E-state index in [2.05, 4.69) is 44.7 Å². The van der Waals surface area contributed by atoms with E-state index >= 15 is 0 Å². The van der Waals surface area contributed by atoms with Crippen molar-refractivity contribution in [1.29, 1.82) is 0 Å². The summed E-state index contributed by atoms with van der Waals surface area (Å²) in [4.78, 5) is 0. The zero-order valence-electron chi connectivity index (χ0n) is 7.09. The van der Waals surface area contributed by atoms with Gasteiger partial charge in [0.25, 0.3) is 0 Å². The molecule has 0 aliphatic rings. The summed E-state index contributed by atoms with van der Waals surface area (Å²) in [7, 11) is 0. The molecule has 0 saturated heterocycles. The Hall–Kier alpha value is -0.430. The van der Waals surface area contributed by atoms with Crippen LogP contribution in [0.4, 0.5) is 0 Å². The van der Waals surface area contributed by atoms with Crippen molar-refractivity contribution in [2.24, 2.45) is 0 Å². The van der Waals surface area contributed by atoms with Crippen molar-refractivity contribution in [3.05, 3.63) is 34.9 Å². The van der Waals surface area contributed by atoms with Gasteiger partial charge < -0.3 is 0 Å². The Labute approximate surface area is 74.0 Å². The largest absolute Gasteiger partial charge is 0.175 e. The van der Waals surface area contributed by atoms with Crippen LogP contribution >= 0.6 is 12.6 Å². The van der Waals surface area contributed by atoms with Crippen molar-refractivity contribution >= 4 is 12.6 Å². The molecule has 0 atom stereocenters. The molecule has 60 valence electrons. The lowest BCUT2D eigenvalue weighted by Gasteiger charge is -2.03.